The van der Waals surface area contributed by atoms with Gasteiger partial charge in [-0.25, -0.2) is 4.79 Å². The number of carboxylic acid groups (broad SMARTS) is 1. The summed E-state index contributed by atoms with van der Waals surface area (Å²) in [5.41, 5.74) is 1.86. The third-order valence-electron chi connectivity index (χ3n) is 4.56. The summed E-state index contributed by atoms with van der Waals surface area (Å²) in [7, 11) is 1.53. The lowest BCUT2D eigenvalue weighted by atomic mass is 10.1. The Morgan fingerprint density at radius 2 is 1.69 bits per heavy atom. The van der Waals surface area contributed by atoms with E-state index in [1.165, 1.54) is 18.7 Å². The molecule has 2 N–H and O–H groups in total. The van der Waals surface area contributed by atoms with E-state index in [2.05, 4.69) is 27.9 Å². The minimum Gasteiger partial charge on any atom is -0.493 e. The van der Waals surface area contributed by atoms with Gasteiger partial charge in [-0.3, -0.25) is 4.79 Å². The first-order chi connectivity index (χ1) is 15.5. The number of carbonyl (C=O) groups excluding carboxylic acids is 1. The van der Waals surface area contributed by atoms with Crippen LogP contribution in [0.25, 0.3) is 6.08 Å². The predicted molar refractivity (Wildman–Crippen MR) is 131 cm³/mol. The van der Waals surface area contributed by atoms with Gasteiger partial charge in [0.15, 0.2) is 11.5 Å². The molecule has 3 aromatic carbocycles. The summed E-state index contributed by atoms with van der Waals surface area (Å²) in [6.07, 6.45) is 2.14. The third kappa shape index (κ3) is 6.34. The highest BCUT2D eigenvalue weighted by Gasteiger charge is 2.16. The van der Waals surface area contributed by atoms with Crippen LogP contribution in [-0.4, -0.2) is 30.7 Å². The van der Waals surface area contributed by atoms with Crippen molar-refractivity contribution in [2.24, 2.45) is 0 Å². The van der Waals surface area contributed by atoms with Gasteiger partial charge in [0, 0.05) is 12.0 Å². The molecule has 0 aliphatic rings. The molecular weight excluding hydrogens is 521 g/mol. The van der Waals surface area contributed by atoms with Crippen LogP contribution >= 0.6 is 22.6 Å². The number of hydrogen-bond acceptors (Lipinski definition) is 4. The van der Waals surface area contributed by atoms with E-state index in [9.17, 15) is 14.7 Å². The molecule has 0 aliphatic heterocycles. The zero-order valence-electron chi connectivity index (χ0n) is 17.4. The van der Waals surface area contributed by atoms with Crippen molar-refractivity contribution in [1.29, 1.82) is 0 Å². The summed E-state index contributed by atoms with van der Waals surface area (Å²) in [6.45, 7) is 0.471. The van der Waals surface area contributed by atoms with E-state index in [-0.39, 0.29) is 5.70 Å². The van der Waals surface area contributed by atoms with Crippen LogP contribution in [0.5, 0.6) is 11.5 Å². The number of carboxylic acids is 1. The van der Waals surface area contributed by atoms with Gasteiger partial charge < -0.3 is 19.9 Å². The van der Waals surface area contributed by atoms with Crippen molar-refractivity contribution >= 4 is 40.5 Å². The topological polar surface area (TPSA) is 84.9 Å². The zero-order valence-corrected chi connectivity index (χ0v) is 19.5. The zero-order chi connectivity index (χ0) is 22.9. The maximum absolute atomic E-state index is 12.4. The van der Waals surface area contributed by atoms with Crippen LogP contribution in [-0.2, 0) is 11.2 Å². The first-order valence-corrected chi connectivity index (χ1v) is 10.9. The van der Waals surface area contributed by atoms with Crippen molar-refractivity contribution in [2.45, 2.75) is 6.42 Å². The number of nitrogens with one attached hydrogen (secondary N) is 1. The third-order valence-corrected chi connectivity index (χ3v) is 5.36. The van der Waals surface area contributed by atoms with Crippen molar-refractivity contribution in [1.82, 2.24) is 5.32 Å². The first-order valence-electron chi connectivity index (χ1n) is 9.83. The van der Waals surface area contributed by atoms with Gasteiger partial charge in [-0.15, -0.1) is 0 Å². The number of methoxy groups -OCH3 is 1. The summed E-state index contributed by atoms with van der Waals surface area (Å²) in [5, 5.41) is 12.0. The molecular formula is C25H22INO5. The van der Waals surface area contributed by atoms with Crippen LogP contribution in [0.15, 0.2) is 78.5 Å². The average molecular weight is 543 g/mol. The molecule has 0 atom stereocenters. The summed E-state index contributed by atoms with van der Waals surface area (Å²) in [4.78, 5) is 24.1. The molecule has 0 spiro atoms. The Hall–Kier alpha value is -3.33. The fraction of sp³-hybridized carbons (Fsp3) is 0.120. The van der Waals surface area contributed by atoms with E-state index in [1.54, 1.807) is 42.5 Å². The number of halogens is 1. The van der Waals surface area contributed by atoms with Crippen molar-refractivity contribution in [3.05, 3.63) is 98.8 Å². The lowest BCUT2D eigenvalue weighted by Crippen LogP contribution is -2.27. The number of ether oxygens (including phenoxy) is 2. The van der Waals surface area contributed by atoms with E-state index in [0.717, 1.165) is 9.99 Å². The number of carbonyl (C=O) groups is 2. The number of amides is 1. The van der Waals surface area contributed by atoms with E-state index in [1.807, 2.05) is 30.3 Å². The second-order valence-corrected chi connectivity index (χ2v) is 7.96. The Labute approximate surface area is 200 Å². The Morgan fingerprint density at radius 3 is 2.31 bits per heavy atom. The Kier molecular flexibility index (Phi) is 8.27. The minimum absolute atomic E-state index is 0.241. The Bertz CT molecular complexity index is 1110. The highest BCUT2D eigenvalue weighted by atomic mass is 127. The molecule has 0 fully saturated rings. The lowest BCUT2D eigenvalue weighted by Gasteiger charge is -2.14. The number of rotatable bonds is 9. The van der Waals surface area contributed by atoms with Crippen molar-refractivity contribution in [3.8, 4) is 11.5 Å². The van der Waals surface area contributed by atoms with Gasteiger partial charge in [0.2, 0.25) is 0 Å². The molecule has 3 rings (SSSR count). The quantitative estimate of drug-likeness (QED) is 0.300. The molecule has 7 heteroatoms. The molecule has 0 unspecified atom stereocenters. The second-order valence-electron chi connectivity index (χ2n) is 6.80. The van der Waals surface area contributed by atoms with Crippen LogP contribution in [0.1, 0.15) is 21.5 Å². The van der Waals surface area contributed by atoms with Crippen LogP contribution in [0.3, 0.4) is 0 Å². The van der Waals surface area contributed by atoms with Gasteiger partial charge in [0.1, 0.15) is 5.70 Å². The number of hydrogen-bond donors (Lipinski definition) is 2. The van der Waals surface area contributed by atoms with E-state index in [4.69, 9.17) is 9.47 Å². The summed E-state index contributed by atoms with van der Waals surface area (Å²) in [5.74, 6) is -0.671. The molecule has 164 valence electrons. The van der Waals surface area contributed by atoms with Gasteiger partial charge in [0.05, 0.1) is 17.3 Å². The van der Waals surface area contributed by atoms with Crippen LogP contribution < -0.4 is 14.8 Å². The van der Waals surface area contributed by atoms with Gasteiger partial charge in [-0.05, 0) is 64.1 Å². The van der Waals surface area contributed by atoms with Crippen LogP contribution in [0.2, 0.25) is 0 Å². The first kappa shape index (κ1) is 23.3. The monoisotopic (exact) mass is 543 g/mol. The van der Waals surface area contributed by atoms with E-state index >= 15 is 0 Å². The molecule has 6 nitrogen and oxygen atoms in total. The number of aliphatic carboxylic acids is 1. The van der Waals surface area contributed by atoms with Gasteiger partial charge in [-0.2, -0.15) is 0 Å². The maximum Gasteiger partial charge on any atom is 0.352 e. The number of benzene rings is 3. The van der Waals surface area contributed by atoms with Crippen LogP contribution in [0.4, 0.5) is 0 Å². The minimum atomic E-state index is -1.24. The molecule has 0 radical (unpaired) electrons. The molecule has 0 saturated carbocycles. The molecule has 32 heavy (non-hydrogen) atoms. The summed E-state index contributed by atoms with van der Waals surface area (Å²) in [6, 6.07) is 21.9. The highest BCUT2D eigenvalue weighted by Crippen LogP contribution is 2.34. The van der Waals surface area contributed by atoms with E-state index < -0.39 is 11.9 Å². The fourth-order valence-electron chi connectivity index (χ4n) is 2.98. The smallest absolute Gasteiger partial charge is 0.352 e. The van der Waals surface area contributed by atoms with Gasteiger partial charge in [-0.1, -0.05) is 48.5 Å². The molecule has 1 amide bonds. The molecule has 3 aromatic rings. The van der Waals surface area contributed by atoms with E-state index in [0.29, 0.717) is 29.2 Å². The largest absolute Gasteiger partial charge is 0.493 e. The normalized spacial score (nSPS) is 11.0. The molecule has 0 bridgehead atoms. The predicted octanol–water partition coefficient (Wildman–Crippen LogP) is 4.78. The SMILES string of the molecule is COc1cc(C=C(NC(=O)c2ccccc2)C(=O)O)cc(I)c1OCCc1ccccc1. The van der Waals surface area contributed by atoms with Gasteiger partial charge >= 0.3 is 5.97 Å². The van der Waals surface area contributed by atoms with Crippen molar-refractivity contribution in [2.75, 3.05) is 13.7 Å². The average Bonchev–Trinajstić information content (AvgIpc) is 2.80. The van der Waals surface area contributed by atoms with Crippen LogP contribution in [0, 0.1) is 3.57 Å². The second kappa shape index (κ2) is 11.3. The molecule has 0 heterocycles. The highest BCUT2D eigenvalue weighted by molar-refractivity contribution is 14.1. The van der Waals surface area contributed by atoms with Crippen molar-refractivity contribution in [3.63, 3.8) is 0 Å². The maximum atomic E-state index is 12.4. The van der Waals surface area contributed by atoms with Gasteiger partial charge in [0.25, 0.3) is 5.91 Å². The summed E-state index contributed by atoms with van der Waals surface area (Å²) < 4.78 is 12.2. The fourth-order valence-corrected chi connectivity index (χ4v) is 3.76. The molecule has 0 saturated heterocycles. The lowest BCUT2D eigenvalue weighted by molar-refractivity contribution is -0.132. The summed E-state index contributed by atoms with van der Waals surface area (Å²) >= 11 is 2.12. The standard InChI is InChI=1S/C25H22INO5/c1-31-22-16-18(14-20(26)23(22)32-13-12-17-8-4-2-5-9-17)15-21(25(29)30)27-24(28)19-10-6-3-7-11-19/h2-11,14-16H,12-13H2,1H3,(H,27,28)(H,29,30). The molecule has 0 aliphatic carbocycles. The Morgan fingerprint density at radius 1 is 1.03 bits per heavy atom. The van der Waals surface area contributed by atoms with Crippen molar-refractivity contribution < 1.29 is 24.2 Å². The molecule has 0 aromatic heterocycles. The Balaban J connectivity index is 1.78.